The molecule has 0 atom stereocenters. The van der Waals surface area contributed by atoms with Gasteiger partial charge in [-0.3, -0.25) is 0 Å². The molecule has 0 aliphatic carbocycles. The smallest absolute Gasteiger partial charge is 0.266 e. The van der Waals surface area contributed by atoms with Crippen molar-refractivity contribution in [2.75, 3.05) is 11.9 Å². The molecule has 0 aliphatic rings. The molecule has 2 rings (SSSR count). The van der Waals surface area contributed by atoms with E-state index >= 15 is 0 Å². The quantitative estimate of drug-likeness (QED) is 0.473. The topological polar surface area (TPSA) is 60.5 Å². The van der Waals surface area contributed by atoms with Crippen molar-refractivity contribution in [3.8, 4) is 11.5 Å². The van der Waals surface area contributed by atoms with Crippen LogP contribution in [0.15, 0.2) is 33.8 Å². The Morgan fingerprint density at radius 2 is 2.32 bits per heavy atom. The standard InChI is InChI=1S/C12H11BrClN3O2/c1-2-18-17-10(7-13)12-16-15-11(19-12)8-4-3-5-9(14)6-8/h3-6H,2,7H2,1H3/b17-10+. The highest BCUT2D eigenvalue weighted by Crippen LogP contribution is 2.21. The number of alkyl halides is 1. The number of halogens is 2. The highest BCUT2D eigenvalue weighted by molar-refractivity contribution is 9.09. The van der Waals surface area contributed by atoms with E-state index in [4.69, 9.17) is 20.9 Å². The molecule has 0 saturated heterocycles. The van der Waals surface area contributed by atoms with Gasteiger partial charge in [-0.25, -0.2) is 0 Å². The predicted molar refractivity (Wildman–Crippen MR) is 76.7 cm³/mol. The molecule has 0 unspecified atom stereocenters. The zero-order valence-corrected chi connectivity index (χ0v) is 12.5. The maximum absolute atomic E-state index is 5.92. The number of hydrogen-bond acceptors (Lipinski definition) is 5. The first-order valence-corrected chi connectivity index (χ1v) is 7.09. The average Bonchev–Trinajstić information content (AvgIpc) is 2.89. The van der Waals surface area contributed by atoms with Crippen LogP contribution < -0.4 is 0 Å². The third-order valence-electron chi connectivity index (χ3n) is 2.17. The van der Waals surface area contributed by atoms with Crippen molar-refractivity contribution in [2.24, 2.45) is 5.16 Å². The minimum absolute atomic E-state index is 0.320. The van der Waals surface area contributed by atoms with Gasteiger partial charge in [-0.15, -0.1) is 10.2 Å². The molecule has 0 amide bonds. The van der Waals surface area contributed by atoms with Gasteiger partial charge in [-0.05, 0) is 25.1 Å². The fraction of sp³-hybridized carbons (Fsp3) is 0.250. The maximum Gasteiger partial charge on any atom is 0.266 e. The van der Waals surface area contributed by atoms with Crippen molar-refractivity contribution in [2.45, 2.75) is 6.92 Å². The summed E-state index contributed by atoms with van der Waals surface area (Å²) in [4.78, 5) is 4.98. The Hall–Kier alpha value is -1.40. The Bertz CT molecular complexity index is 586. The van der Waals surface area contributed by atoms with Crippen molar-refractivity contribution >= 4 is 33.2 Å². The summed E-state index contributed by atoms with van der Waals surface area (Å²) in [6, 6.07) is 7.20. The minimum Gasteiger partial charge on any atom is -0.415 e. The van der Waals surface area contributed by atoms with E-state index in [0.717, 1.165) is 5.56 Å². The summed E-state index contributed by atoms with van der Waals surface area (Å²) in [6.45, 7) is 2.33. The molecular weight excluding hydrogens is 334 g/mol. The lowest BCUT2D eigenvalue weighted by molar-refractivity contribution is 0.158. The van der Waals surface area contributed by atoms with Gasteiger partial charge in [0.1, 0.15) is 6.61 Å². The number of benzene rings is 1. The van der Waals surface area contributed by atoms with E-state index in [0.29, 0.717) is 34.5 Å². The molecule has 2 aromatic rings. The van der Waals surface area contributed by atoms with Crippen LogP contribution in [0.25, 0.3) is 11.5 Å². The van der Waals surface area contributed by atoms with Crippen molar-refractivity contribution in [3.63, 3.8) is 0 Å². The fourth-order valence-electron chi connectivity index (χ4n) is 1.34. The van der Waals surface area contributed by atoms with Crippen molar-refractivity contribution in [1.82, 2.24) is 10.2 Å². The molecular formula is C12H11BrClN3O2. The zero-order valence-electron chi connectivity index (χ0n) is 10.1. The first kappa shape index (κ1) is 14.0. The molecule has 1 aromatic carbocycles. The molecule has 5 nitrogen and oxygen atoms in total. The number of nitrogens with zero attached hydrogens (tertiary/aromatic N) is 3. The van der Waals surface area contributed by atoms with Gasteiger partial charge in [0.25, 0.3) is 5.89 Å². The molecule has 19 heavy (non-hydrogen) atoms. The number of rotatable bonds is 5. The monoisotopic (exact) mass is 343 g/mol. The molecule has 0 N–H and O–H groups in total. The van der Waals surface area contributed by atoms with Crippen LogP contribution in [0.3, 0.4) is 0 Å². The van der Waals surface area contributed by atoms with Crippen molar-refractivity contribution < 1.29 is 9.25 Å². The van der Waals surface area contributed by atoms with Crippen LogP contribution in [0.4, 0.5) is 0 Å². The Balaban J connectivity index is 2.28. The van der Waals surface area contributed by atoms with E-state index in [9.17, 15) is 0 Å². The normalized spacial score (nSPS) is 11.6. The average molecular weight is 345 g/mol. The molecule has 0 spiro atoms. The predicted octanol–water partition coefficient (Wildman–Crippen LogP) is 3.53. The lowest BCUT2D eigenvalue weighted by Crippen LogP contribution is -2.04. The van der Waals surface area contributed by atoms with Gasteiger partial charge in [0, 0.05) is 10.6 Å². The van der Waals surface area contributed by atoms with Crippen molar-refractivity contribution in [3.05, 3.63) is 35.2 Å². The molecule has 100 valence electrons. The number of aromatic nitrogens is 2. The maximum atomic E-state index is 5.92. The highest BCUT2D eigenvalue weighted by Gasteiger charge is 2.14. The molecule has 0 bridgehead atoms. The first-order chi connectivity index (χ1) is 9.24. The second kappa shape index (κ2) is 6.68. The van der Waals surface area contributed by atoms with E-state index < -0.39 is 0 Å². The Kier molecular flexibility index (Phi) is 4.93. The summed E-state index contributed by atoms with van der Waals surface area (Å²) in [5, 5.41) is 12.9. The second-order valence-electron chi connectivity index (χ2n) is 3.51. The summed E-state index contributed by atoms with van der Waals surface area (Å²) in [5.41, 5.74) is 1.30. The number of oxime groups is 1. The molecule has 1 aromatic heterocycles. The van der Waals surface area contributed by atoms with E-state index in [2.05, 4.69) is 31.3 Å². The van der Waals surface area contributed by atoms with Crippen molar-refractivity contribution in [1.29, 1.82) is 0 Å². The van der Waals surface area contributed by atoms with Gasteiger partial charge >= 0.3 is 0 Å². The lowest BCUT2D eigenvalue weighted by Gasteiger charge is -1.97. The van der Waals surface area contributed by atoms with Crippen LogP contribution in [0.5, 0.6) is 0 Å². The van der Waals surface area contributed by atoms with Gasteiger partial charge in [-0.1, -0.05) is 38.8 Å². The molecule has 0 fully saturated rings. The Morgan fingerprint density at radius 1 is 1.47 bits per heavy atom. The summed E-state index contributed by atoms with van der Waals surface area (Å²) < 4.78 is 5.55. The van der Waals surface area contributed by atoms with E-state index in [1.165, 1.54) is 0 Å². The summed E-state index contributed by atoms with van der Waals surface area (Å²) in [7, 11) is 0. The molecule has 0 saturated carbocycles. The second-order valence-corrected chi connectivity index (χ2v) is 4.51. The fourth-order valence-corrected chi connectivity index (χ4v) is 1.87. The third-order valence-corrected chi connectivity index (χ3v) is 2.94. The summed E-state index contributed by atoms with van der Waals surface area (Å²) in [5.74, 6) is 0.711. The SMILES string of the molecule is CCO/N=C(\CBr)c1nnc(-c2cccc(Cl)c2)o1. The van der Waals surface area contributed by atoms with E-state index in [1.807, 2.05) is 19.1 Å². The van der Waals surface area contributed by atoms with Crippen LogP contribution in [-0.2, 0) is 4.84 Å². The van der Waals surface area contributed by atoms with Crippen LogP contribution >= 0.6 is 27.5 Å². The van der Waals surface area contributed by atoms with Crippen LogP contribution in [0.2, 0.25) is 5.02 Å². The zero-order chi connectivity index (χ0) is 13.7. The molecule has 0 radical (unpaired) electrons. The van der Waals surface area contributed by atoms with Crippen LogP contribution in [-0.4, -0.2) is 27.8 Å². The van der Waals surface area contributed by atoms with E-state index in [-0.39, 0.29) is 0 Å². The van der Waals surface area contributed by atoms with E-state index in [1.54, 1.807) is 12.1 Å². The van der Waals surface area contributed by atoms with Gasteiger partial charge in [0.15, 0.2) is 5.71 Å². The summed E-state index contributed by atoms with van der Waals surface area (Å²) >= 11 is 9.22. The third kappa shape index (κ3) is 3.54. The lowest BCUT2D eigenvalue weighted by atomic mass is 10.2. The first-order valence-electron chi connectivity index (χ1n) is 5.59. The van der Waals surface area contributed by atoms with Crippen LogP contribution in [0, 0.1) is 0 Å². The Morgan fingerprint density at radius 3 is 3.00 bits per heavy atom. The largest absolute Gasteiger partial charge is 0.415 e. The minimum atomic E-state index is 0.320. The number of hydrogen-bond donors (Lipinski definition) is 0. The molecule has 0 aliphatic heterocycles. The van der Waals surface area contributed by atoms with Gasteiger partial charge < -0.3 is 9.25 Å². The highest BCUT2D eigenvalue weighted by atomic mass is 79.9. The molecule has 1 heterocycles. The van der Waals surface area contributed by atoms with Gasteiger partial charge in [0.05, 0.1) is 5.33 Å². The summed E-state index contributed by atoms with van der Waals surface area (Å²) in [6.07, 6.45) is 0. The van der Waals surface area contributed by atoms with Gasteiger partial charge in [0.2, 0.25) is 5.89 Å². The van der Waals surface area contributed by atoms with Crippen LogP contribution in [0.1, 0.15) is 12.8 Å². The Labute approximate surface area is 123 Å². The molecule has 7 heteroatoms. The van der Waals surface area contributed by atoms with Gasteiger partial charge in [-0.2, -0.15) is 0 Å².